The van der Waals surface area contributed by atoms with Gasteiger partial charge in [-0.05, 0) is 31.2 Å². The van der Waals surface area contributed by atoms with E-state index in [1.165, 1.54) is 41.4 Å². The molecule has 0 unspecified atom stereocenters. The largest absolute Gasteiger partial charge is 0.487 e. The number of nitro groups is 1. The molecule has 1 aromatic heterocycles. The number of hydrazone groups is 1. The Kier molecular flexibility index (Phi) is 6.56. The van der Waals surface area contributed by atoms with Crippen LogP contribution in [-0.2, 0) is 4.79 Å². The molecule has 0 fully saturated rings. The summed E-state index contributed by atoms with van der Waals surface area (Å²) in [6.45, 7) is 2.08. The first-order valence-electron chi connectivity index (χ1n) is 8.28. The third-order valence-corrected chi connectivity index (χ3v) is 5.66. The third kappa shape index (κ3) is 5.05. The number of thioether (sulfide) groups is 1. The smallest absolute Gasteiger partial charge is 0.311 e. The van der Waals surface area contributed by atoms with Crippen molar-refractivity contribution < 1.29 is 14.5 Å². The number of rotatable bonds is 8. The van der Waals surface area contributed by atoms with Crippen LogP contribution in [0.3, 0.4) is 0 Å². The Morgan fingerprint density at radius 1 is 1.39 bits per heavy atom. The number of nitrogens with one attached hydrogen (secondary N) is 1. The van der Waals surface area contributed by atoms with Crippen LogP contribution in [0.25, 0.3) is 10.2 Å². The second-order valence-electron chi connectivity index (χ2n) is 5.45. The number of nitrogens with zero attached hydrogens (tertiary/aromatic N) is 3. The lowest BCUT2D eigenvalue weighted by Crippen LogP contribution is -2.19. The van der Waals surface area contributed by atoms with Gasteiger partial charge in [-0.2, -0.15) is 5.10 Å². The molecule has 1 N–H and O–H groups in total. The van der Waals surface area contributed by atoms with Gasteiger partial charge in [-0.1, -0.05) is 23.9 Å². The maximum absolute atomic E-state index is 11.9. The highest BCUT2D eigenvalue weighted by molar-refractivity contribution is 8.01. The molecule has 3 rings (SSSR count). The number of amides is 1. The fraction of sp³-hybridized carbons (Fsp3) is 0.167. The van der Waals surface area contributed by atoms with E-state index >= 15 is 0 Å². The van der Waals surface area contributed by atoms with Crippen molar-refractivity contribution in [1.82, 2.24) is 10.4 Å². The van der Waals surface area contributed by atoms with Crippen LogP contribution in [0.15, 0.2) is 51.9 Å². The summed E-state index contributed by atoms with van der Waals surface area (Å²) in [5, 5.41) is 15.0. The van der Waals surface area contributed by atoms with Crippen LogP contribution >= 0.6 is 23.1 Å². The monoisotopic (exact) mass is 416 g/mol. The fourth-order valence-electron chi connectivity index (χ4n) is 2.29. The SMILES string of the molecule is CCOc1ccc(/C=N\NC(=O)CSc2nc3ccccc3s2)cc1[N+](=O)[O-]. The van der Waals surface area contributed by atoms with Crippen LogP contribution < -0.4 is 10.2 Å². The van der Waals surface area contributed by atoms with E-state index in [1.54, 1.807) is 13.0 Å². The van der Waals surface area contributed by atoms with Gasteiger partial charge in [0.05, 0.1) is 33.7 Å². The van der Waals surface area contributed by atoms with Crippen LogP contribution in [0.2, 0.25) is 0 Å². The van der Waals surface area contributed by atoms with Gasteiger partial charge in [-0.3, -0.25) is 14.9 Å². The van der Waals surface area contributed by atoms with E-state index in [-0.39, 0.29) is 23.1 Å². The van der Waals surface area contributed by atoms with Crippen molar-refractivity contribution >= 4 is 51.1 Å². The van der Waals surface area contributed by atoms with Crippen LogP contribution in [0, 0.1) is 10.1 Å². The molecule has 0 saturated heterocycles. The molecule has 10 heteroatoms. The first-order valence-corrected chi connectivity index (χ1v) is 10.1. The fourth-order valence-corrected chi connectivity index (χ4v) is 4.15. The van der Waals surface area contributed by atoms with Crippen LogP contribution in [0.4, 0.5) is 5.69 Å². The molecule has 8 nitrogen and oxygen atoms in total. The molecule has 1 heterocycles. The number of benzene rings is 2. The van der Waals surface area contributed by atoms with Crippen molar-refractivity contribution in [3.63, 3.8) is 0 Å². The molecule has 1 amide bonds. The molecular weight excluding hydrogens is 400 g/mol. The van der Waals surface area contributed by atoms with Gasteiger partial charge in [0.25, 0.3) is 5.91 Å². The molecule has 0 spiro atoms. The molecule has 2 aromatic carbocycles. The van der Waals surface area contributed by atoms with Crippen molar-refractivity contribution in [2.24, 2.45) is 5.10 Å². The Hall–Kier alpha value is -2.98. The highest BCUT2D eigenvalue weighted by Crippen LogP contribution is 2.29. The summed E-state index contributed by atoms with van der Waals surface area (Å²) in [6.07, 6.45) is 1.35. The molecule has 0 radical (unpaired) electrons. The maximum atomic E-state index is 11.9. The highest BCUT2D eigenvalue weighted by atomic mass is 32.2. The minimum Gasteiger partial charge on any atom is -0.487 e. The zero-order valence-corrected chi connectivity index (χ0v) is 16.5. The van der Waals surface area contributed by atoms with Gasteiger partial charge in [0.1, 0.15) is 0 Å². The summed E-state index contributed by atoms with van der Waals surface area (Å²) in [5.41, 5.74) is 3.65. The van der Waals surface area contributed by atoms with E-state index in [0.29, 0.717) is 12.2 Å². The third-order valence-electron chi connectivity index (χ3n) is 3.48. The Bertz CT molecular complexity index is 1000. The number of aromatic nitrogens is 1. The van der Waals surface area contributed by atoms with Crippen LogP contribution in [0.5, 0.6) is 5.75 Å². The Morgan fingerprint density at radius 2 is 2.21 bits per heavy atom. The van der Waals surface area contributed by atoms with Gasteiger partial charge in [0.2, 0.25) is 0 Å². The number of hydrogen-bond donors (Lipinski definition) is 1. The number of fused-ring (bicyclic) bond motifs is 1. The lowest BCUT2D eigenvalue weighted by atomic mass is 10.2. The zero-order chi connectivity index (χ0) is 19.9. The predicted octanol–water partition coefficient (Wildman–Crippen LogP) is 3.85. The first kappa shape index (κ1) is 19.8. The number of para-hydroxylation sites is 1. The quantitative estimate of drug-likeness (QED) is 0.259. The number of ether oxygens (including phenoxy) is 1. The normalized spacial score (nSPS) is 11.0. The topological polar surface area (TPSA) is 107 Å². The van der Waals surface area contributed by atoms with Crippen molar-refractivity contribution in [2.45, 2.75) is 11.3 Å². The van der Waals surface area contributed by atoms with E-state index in [2.05, 4.69) is 15.5 Å². The van der Waals surface area contributed by atoms with Crippen molar-refractivity contribution in [2.75, 3.05) is 12.4 Å². The average Bonchev–Trinajstić information content (AvgIpc) is 3.10. The van der Waals surface area contributed by atoms with Gasteiger partial charge in [-0.15, -0.1) is 11.3 Å². The van der Waals surface area contributed by atoms with Gasteiger partial charge in [0, 0.05) is 11.6 Å². The lowest BCUT2D eigenvalue weighted by Gasteiger charge is -2.04. The summed E-state index contributed by atoms with van der Waals surface area (Å²) in [7, 11) is 0. The molecule has 0 saturated carbocycles. The first-order chi connectivity index (χ1) is 13.6. The maximum Gasteiger partial charge on any atom is 0.311 e. The Balaban J connectivity index is 1.55. The van der Waals surface area contributed by atoms with Crippen molar-refractivity contribution in [3.8, 4) is 5.75 Å². The lowest BCUT2D eigenvalue weighted by molar-refractivity contribution is -0.385. The molecule has 3 aromatic rings. The molecule has 0 bridgehead atoms. The van der Waals surface area contributed by atoms with Crippen LogP contribution in [0.1, 0.15) is 12.5 Å². The number of carbonyl (C=O) groups excluding carboxylic acids is 1. The number of carbonyl (C=O) groups is 1. The molecule has 144 valence electrons. The predicted molar refractivity (Wildman–Crippen MR) is 110 cm³/mol. The summed E-state index contributed by atoms with van der Waals surface area (Å²) >= 11 is 2.86. The van der Waals surface area contributed by atoms with E-state index < -0.39 is 4.92 Å². The minimum absolute atomic E-state index is 0.150. The summed E-state index contributed by atoms with van der Waals surface area (Å²) in [6, 6.07) is 12.3. The second kappa shape index (κ2) is 9.29. The number of thiazole rings is 1. The molecule has 0 atom stereocenters. The minimum atomic E-state index is -0.518. The number of hydrogen-bond acceptors (Lipinski definition) is 8. The zero-order valence-electron chi connectivity index (χ0n) is 14.8. The molecule has 0 aliphatic rings. The van der Waals surface area contributed by atoms with Gasteiger partial charge in [-0.25, -0.2) is 10.4 Å². The summed E-state index contributed by atoms with van der Waals surface area (Å²) in [4.78, 5) is 27.0. The van der Waals surface area contributed by atoms with Gasteiger partial charge >= 0.3 is 5.69 Å². The van der Waals surface area contributed by atoms with Crippen LogP contribution in [-0.4, -0.2) is 34.4 Å². The van der Waals surface area contributed by atoms with E-state index in [1.807, 2.05) is 24.3 Å². The Morgan fingerprint density at radius 3 is 2.96 bits per heavy atom. The summed E-state index contributed by atoms with van der Waals surface area (Å²) in [5.74, 6) is 0.0718. The molecule has 0 aliphatic heterocycles. The molecule has 28 heavy (non-hydrogen) atoms. The molecule has 0 aliphatic carbocycles. The van der Waals surface area contributed by atoms with Gasteiger partial charge in [0.15, 0.2) is 10.1 Å². The van der Waals surface area contributed by atoms with Crippen molar-refractivity contribution in [1.29, 1.82) is 0 Å². The van der Waals surface area contributed by atoms with Crippen molar-refractivity contribution in [3.05, 3.63) is 58.1 Å². The van der Waals surface area contributed by atoms with E-state index in [9.17, 15) is 14.9 Å². The van der Waals surface area contributed by atoms with E-state index in [4.69, 9.17) is 4.74 Å². The Labute approximate surface area is 168 Å². The molecular formula is C18H16N4O4S2. The highest BCUT2D eigenvalue weighted by Gasteiger charge is 2.15. The standard InChI is InChI=1S/C18H16N4O4S2/c1-2-26-15-8-7-12(9-14(15)22(24)25)10-19-21-17(23)11-27-18-20-13-5-3-4-6-16(13)28-18/h3-10H,2,11H2,1H3,(H,21,23)/b19-10-. The second-order valence-corrected chi connectivity index (χ2v) is 7.70. The average molecular weight is 416 g/mol. The number of nitro benzene ring substituents is 1. The summed E-state index contributed by atoms with van der Waals surface area (Å²) < 4.78 is 7.11. The van der Waals surface area contributed by atoms with Gasteiger partial charge < -0.3 is 4.74 Å². The van der Waals surface area contributed by atoms with E-state index in [0.717, 1.165) is 14.6 Å².